The monoisotopic (exact) mass is 345 g/mol. The normalized spacial score (nSPS) is 24.5. The molecule has 2 rings (SSSR count). The van der Waals surface area contributed by atoms with Crippen molar-refractivity contribution in [1.29, 1.82) is 0 Å². The van der Waals surface area contributed by atoms with Gasteiger partial charge in [0.05, 0.1) is 21.7 Å². The van der Waals surface area contributed by atoms with Gasteiger partial charge in [-0.2, -0.15) is 0 Å². The first-order valence-corrected chi connectivity index (χ1v) is 10.9. The van der Waals surface area contributed by atoms with Crippen LogP contribution in [-0.4, -0.2) is 46.2 Å². The van der Waals surface area contributed by atoms with Crippen LogP contribution < -0.4 is 5.32 Å². The molecule has 0 bridgehead atoms. The van der Waals surface area contributed by atoms with Gasteiger partial charge in [0.25, 0.3) is 0 Å². The molecule has 2 atom stereocenters. The fourth-order valence-electron chi connectivity index (χ4n) is 2.73. The SMILES string of the molecule is CCCN[C@H]1CS(=O)(=O)C[C@H]1S(=O)(=O)c1ccc(CC)cc1. The number of hydrogen-bond donors (Lipinski definition) is 1. The highest BCUT2D eigenvalue weighted by molar-refractivity contribution is 7.96. The largest absolute Gasteiger partial charge is 0.312 e. The van der Waals surface area contributed by atoms with Crippen LogP contribution >= 0.6 is 0 Å². The van der Waals surface area contributed by atoms with Gasteiger partial charge in [-0.25, -0.2) is 16.8 Å². The minimum atomic E-state index is -3.66. The number of benzene rings is 1. The van der Waals surface area contributed by atoms with Crippen molar-refractivity contribution in [2.45, 2.75) is 42.9 Å². The van der Waals surface area contributed by atoms with Crippen LogP contribution in [0.4, 0.5) is 0 Å². The third kappa shape index (κ3) is 3.70. The molecule has 0 unspecified atom stereocenters. The lowest BCUT2D eigenvalue weighted by molar-refractivity contribution is 0.525. The van der Waals surface area contributed by atoms with E-state index in [9.17, 15) is 16.8 Å². The molecular weight excluding hydrogens is 322 g/mol. The molecule has 0 saturated carbocycles. The molecule has 0 aliphatic carbocycles. The molecule has 1 aliphatic rings. The molecule has 7 heteroatoms. The fourth-order valence-corrected chi connectivity index (χ4v) is 7.45. The number of hydrogen-bond acceptors (Lipinski definition) is 5. The third-order valence-electron chi connectivity index (χ3n) is 4.02. The Bertz CT molecular complexity index is 708. The first-order valence-electron chi connectivity index (χ1n) is 7.57. The van der Waals surface area contributed by atoms with E-state index in [1.165, 1.54) is 0 Å². The van der Waals surface area contributed by atoms with Crippen LogP contribution in [0.1, 0.15) is 25.8 Å². The first-order chi connectivity index (χ1) is 10.3. The van der Waals surface area contributed by atoms with E-state index in [1.54, 1.807) is 24.3 Å². The zero-order valence-electron chi connectivity index (χ0n) is 12.9. The summed E-state index contributed by atoms with van der Waals surface area (Å²) in [5.41, 5.74) is 1.05. The van der Waals surface area contributed by atoms with Gasteiger partial charge in [-0.15, -0.1) is 0 Å². The van der Waals surface area contributed by atoms with E-state index >= 15 is 0 Å². The molecule has 5 nitrogen and oxygen atoms in total. The van der Waals surface area contributed by atoms with E-state index in [1.807, 2.05) is 13.8 Å². The average molecular weight is 345 g/mol. The number of rotatable bonds is 6. The molecule has 1 N–H and O–H groups in total. The summed E-state index contributed by atoms with van der Waals surface area (Å²) in [6, 6.07) is 6.20. The molecule has 1 aromatic carbocycles. The summed E-state index contributed by atoms with van der Waals surface area (Å²) < 4.78 is 49.4. The maximum Gasteiger partial charge on any atom is 0.183 e. The Kier molecular flexibility index (Phi) is 5.29. The van der Waals surface area contributed by atoms with Crippen LogP contribution in [0.25, 0.3) is 0 Å². The molecule has 1 aromatic rings. The number of aryl methyl sites for hydroxylation is 1. The maximum atomic E-state index is 12.8. The van der Waals surface area contributed by atoms with Crippen LogP contribution in [0.5, 0.6) is 0 Å². The van der Waals surface area contributed by atoms with Crippen LogP contribution in [0.3, 0.4) is 0 Å². The van der Waals surface area contributed by atoms with E-state index in [0.717, 1.165) is 18.4 Å². The zero-order chi connectivity index (χ0) is 16.4. The second kappa shape index (κ2) is 6.68. The highest BCUT2D eigenvalue weighted by atomic mass is 32.2. The standard InChI is InChI=1S/C15H23NO4S2/c1-3-9-16-14-10-21(17,18)11-15(14)22(19,20)13-7-5-12(4-2)6-8-13/h5-8,14-16H,3-4,9-11H2,1-2H3/t14-,15+/m0/s1. The van der Waals surface area contributed by atoms with Crippen molar-refractivity contribution in [3.05, 3.63) is 29.8 Å². The van der Waals surface area contributed by atoms with E-state index in [0.29, 0.717) is 6.54 Å². The Morgan fingerprint density at radius 3 is 2.32 bits per heavy atom. The summed E-state index contributed by atoms with van der Waals surface area (Å²) >= 11 is 0. The van der Waals surface area contributed by atoms with Gasteiger partial charge in [-0.1, -0.05) is 26.0 Å². The van der Waals surface area contributed by atoms with E-state index < -0.39 is 31.0 Å². The lowest BCUT2D eigenvalue weighted by Gasteiger charge is -2.19. The maximum absolute atomic E-state index is 12.8. The van der Waals surface area contributed by atoms with Gasteiger partial charge in [-0.05, 0) is 37.1 Å². The first kappa shape index (κ1) is 17.4. The molecule has 0 radical (unpaired) electrons. The van der Waals surface area contributed by atoms with Crippen molar-refractivity contribution in [2.24, 2.45) is 0 Å². The molecule has 124 valence electrons. The van der Waals surface area contributed by atoms with Crippen molar-refractivity contribution in [3.63, 3.8) is 0 Å². The van der Waals surface area contributed by atoms with Crippen LogP contribution in [0.15, 0.2) is 29.2 Å². The molecule has 1 aliphatic heterocycles. The second-order valence-corrected chi connectivity index (χ2v) is 10.0. The van der Waals surface area contributed by atoms with Crippen molar-refractivity contribution in [3.8, 4) is 0 Å². The molecule has 1 fully saturated rings. The zero-order valence-corrected chi connectivity index (χ0v) is 14.6. The van der Waals surface area contributed by atoms with Gasteiger partial charge >= 0.3 is 0 Å². The minimum absolute atomic E-state index is 0.107. The lowest BCUT2D eigenvalue weighted by Crippen LogP contribution is -2.43. The molecule has 0 amide bonds. The summed E-state index contributed by atoms with van der Waals surface area (Å²) in [4.78, 5) is 0.204. The molecule has 0 spiro atoms. The summed E-state index contributed by atoms with van der Waals surface area (Å²) in [6.07, 6.45) is 1.66. The van der Waals surface area contributed by atoms with E-state index in [2.05, 4.69) is 5.32 Å². The lowest BCUT2D eigenvalue weighted by atomic mass is 10.2. The summed E-state index contributed by atoms with van der Waals surface area (Å²) in [7, 11) is -6.98. The molecular formula is C15H23NO4S2. The Balaban J connectivity index is 2.32. The fraction of sp³-hybridized carbons (Fsp3) is 0.600. The highest BCUT2D eigenvalue weighted by Crippen LogP contribution is 2.26. The Hall–Kier alpha value is -0.920. The summed E-state index contributed by atoms with van der Waals surface area (Å²) in [6.45, 7) is 4.57. The Labute approximate surface area is 133 Å². The number of nitrogens with one attached hydrogen (secondary N) is 1. The smallest absolute Gasteiger partial charge is 0.183 e. The molecule has 1 saturated heterocycles. The van der Waals surface area contributed by atoms with E-state index in [4.69, 9.17) is 0 Å². The van der Waals surface area contributed by atoms with Crippen LogP contribution in [0.2, 0.25) is 0 Å². The van der Waals surface area contributed by atoms with Gasteiger partial charge in [0, 0.05) is 6.04 Å². The minimum Gasteiger partial charge on any atom is -0.312 e. The summed E-state index contributed by atoms with van der Waals surface area (Å²) in [5, 5.41) is 2.17. The second-order valence-electron chi connectivity index (χ2n) is 5.72. The predicted molar refractivity (Wildman–Crippen MR) is 87.5 cm³/mol. The van der Waals surface area contributed by atoms with E-state index in [-0.39, 0.29) is 16.4 Å². The van der Waals surface area contributed by atoms with Crippen molar-refractivity contribution in [2.75, 3.05) is 18.1 Å². The highest BCUT2D eigenvalue weighted by Gasteiger charge is 2.45. The molecule has 1 heterocycles. The van der Waals surface area contributed by atoms with Gasteiger partial charge < -0.3 is 5.32 Å². The summed E-state index contributed by atoms with van der Waals surface area (Å²) in [5.74, 6) is -0.407. The Morgan fingerprint density at radius 1 is 1.14 bits per heavy atom. The predicted octanol–water partition coefficient (Wildman–Crippen LogP) is 1.19. The van der Waals surface area contributed by atoms with Gasteiger partial charge in [0.15, 0.2) is 19.7 Å². The topological polar surface area (TPSA) is 80.3 Å². The van der Waals surface area contributed by atoms with Gasteiger partial charge in [0.1, 0.15) is 0 Å². The van der Waals surface area contributed by atoms with Crippen LogP contribution in [-0.2, 0) is 26.1 Å². The third-order valence-corrected chi connectivity index (χ3v) is 8.18. The molecule has 0 aromatic heterocycles. The van der Waals surface area contributed by atoms with Crippen molar-refractivity contribution >= 4 is 19.7 Å². The van der Waals surface area contributed by atoms with Gasteiger partial charge in [-0.3, -0.25) is 0 Å². The average Bonchev–Trinajstić information content (AvgIpc) is 2.81. The van der Waals surface area contributed by atoms with Crippen molar-refractivity contribution in [1.82, 2.24) is 5.32 Å². The van der Waals surface area contributed by atoms with Gasteiger partial charge in [0.2, 0.25) is 0 Å². The quantitative estimate of drug-likeness (QED) is 0.838. The molecule has 22 heavy (non-hydrogen) atoms. The van der Waals surface area contributed by atoms with Crippen LogP contribution in [0, 0.1) is 0 Å². The van der Waals surface area contributed by atoms with Crippen molar-refractivity contribution < 1.29 is 16.8 Å². The Morgan fingerprint density at radius 2 is 1.77 bits per heavy atom. The number of sulfone groups is 2.